The average molecular weight is 278 g/mol. The third-order valence-corrected chi connectivity index (χ3v) is 3.45. The summed E-state index contributed by atoms with van der Waals surface area (Å²) < 4.78 is 58.8. The van der Waals surface area contributed by atoms with Gasteiger partial charge in [-0.1, -0.05) is 0 Å². The van der Waals surface area contributed by atoms with Gasteiger partial charge in [-0.3, -0.25) is 4.18 Å². The molecule has 1 aliphatic rings. The molecule has 0 bridgehead atoms. The zero-order chi connectivity index (χ0) is 13.6. The van der Waals surface area contributed by atoms with Crippen LogP contribution in [0.5, 0.6) is 0 Å². The maximum absolute atomic E-state index is 13.6. The average Bonchev–Trinajstić information content (AvgIpc) is 3.00. The highest BCUT2D eigenvalue weighted by atomic mass is 32.2. The van der Waals surface area contributed by atoms with Crippen LogP contribution in [0.25, 0.3) is 0 Å². The van der Waals surface area contributed by atoms with Gasteiger partial charge in [0.15, 0.2) is 0 Å². The first-order chi connectivity index (χ1) is 8.24. The van der Waals surface area contributed by atoms with Crippen molar-refractivity contribution in [3.63, 3.8) is 0 Å². The Kier molecular flexibility index (Phi) is 3.16. The van der Waals surface area contributed by atoms with Crippen molar-refractivity contribution in [3.05, 3.63) is 35.4 Å². The second-order valence-electron chi connectivity index (χ2n) is 4.24. The summed E-state index contributed by atoms with van der Waals surface area (Å²) in [5, 5.41) is 0. The van der Waals surface area contributed by atoms with Crippen molar-refractivity contribution >= 4 is 10.1 Å². The van der Waals surface area contributed by atoms with Crippen LogP contribution in [0.2, 0.25) is 0 Å². The number of ether oxygens (including phenoxy) is 1. The van der Waals surface area contributed by atoms with Crippen LogP contribution in [0.1, 0.15) is 12.5 Å². The van der Waals surface area contributed by atoms with Crippen molar-refractivity contribution in [1.82, 2.24) is 0 Å². The molecule has 0 saturated carbocycles. The maximum atomic E-state index is 13.6. The zero-order valence-corrected chi connectivity index (χ0v) is 10.6. The molecule has 4 nitrogen and oxygen atoms in total. The number of benzene rings is 1. The normalized spacial score (nSPS) is 24.9. The highest BCUT2D eigenvalue weighted by Crippen LogP contribution is 2.44. The molecule has 0 aromatic heterocycles. The van der Waals surface area contributed by atoms with Gasteiger partial charge in [0.05, 0.1) is 12.9 Å². The third kappa shape index (κ3) is 2.52. The summed E-state index contributed by atoms with van der Waals surface area (Å²) in [5.74, 6) is -1.27. The predicted molar refractivity (Wildman–Crippen MR) is 59.4 cm³/mol. The van der Waals surface area contributed by atoms with Crippen LogP contribution in [0.15, 0.2) is 18.2 Å². The van der Waals surface area contributed by atoms with E-state index in [2.05, 4.69) is 0 Å². The molecule has 7 heteroatoms. The minimum atomic E-state index is -3.69. The van der Waals surface area contributed by atoms with E-state index in [9.17, 15) is 17.2 Å². The van der Waals surface area contributed by atoms with E-state index < -0.39 is 33.5 Å². The van der Waals surface area contributed by atoms with Crippen molar-refractivity contribution in [2.24, 2.45) is 0 Å². The first-order valence-electron chi connectivity index (χ1n) is 5.22. The van der Waals surface area contributed by atoms with Crippen molar-refractivity contribution in [2.75, 3.05) is 12.9 Å². The van der Waals surface area contributed by atoms with Gasteiger partial charge in [-0.2, -0.15) is 8.42 Å². The number of rotatable bonds is 4. The van der Waals surface area contributed by atoms with Gasteiger partial charge in [0.2, 0.25) is 0 Å². The molecule has 1 aromatic carbocycles. The van der Waals surface area contributed by atoms with Crippen molar-refractivity contribution in [3.8, 4) is 0 Å². The smallest absolute Gasteiger partial charge is 0.264 e. The number of halogens is 2. The fraction of sp³-hybridized carbons (Fsp3) is 0.455. The molecule has 0 aliphatic carbocycles. The van der Waals surface area contributed by atoms with Crippen molar-refractivity contribution in [2.45, 2.75) is 18.6 Å². The minimum absolute atomic E-state index is 0.0290. The molecule has 1 heterocycles. The second-order valence-corrected chi connectivity index (χ2v) is 5.85. The van der Waals surface area contributed by atoms with E-state index in [0.29, 0.717) is 0 Å². The van der Waals surface area contributed by atoms with Crippen LogP contribution in [0.3, 0.4) is 0 Å². The Bertz CT molecular complexity index is 566. The summed E-state index contributed by atoms with van der Waals surface area (Å²) in [7, 11) is -3.69. The zero-order valence-electron chi connectivity index (χ0n) is 9.81. The van der Waals surface area contributed by atoms with Gasteiger partial charge < -0.3 is 4.74 Å². The summed E-state index contributed by atoms with van der Waals surface area (Å²) in [6.07, 6.45) is -0.0366. The van der Waals surface area contributed by atoms with E-state index in [4.69, 9.17) is 8.92 Å². The lowest BCUT2D eigenvalue weighted by atomic mass is 9.94. The van der Waals surface area contributed by atoms with Crippen molar-refractivity contribution < 1.29 is 26.1 Å². The molecule has 2 unspecified atom stereocenters. The Labute approximate surface area is 104 Å². The van der Waals surface area contributed by atoms with E-state index in [1.165, 1.54) is 6.92 Å². The predicted octanol–water partition coefficient (Wildman–Crippen LogP) is 1.56. The van der Waals surface area contributed by atoms with E-state index in [-0.39, 0.29) is 12.2 Å². The third-order valence-electron chi connectivity index (χ3n) is 2.82. The van der Waals surface area contributed by atoms with Gasteiger partial charge in [0.1, 0.15) is 23.3 Å². The molecule has 2 rings (SSSR count). The van der Waals surface area contributed by atoms with Gasteiger partial charge in [0, 0.05) is 5.56 Å². The number of hydrogen-bond donors (Lipinski definition) is 0. The lowest BCUT2D eigenvalue weighted by Crippen LogP contribution is -2.30. The summed E-state index contributed by atoms with van der Waals surface area (Å²) in [5.41, 5.74) is -1.26. The lowest BCUT2D eigenvalue weighted by molar-refractivity contribution is 0.114. The Morgan fingerprint density at radius 2 is 2.06 bits per heavy atom. The summed E-state index contributed by atoms with van der Waals surface area (Å²) in [6, 6.07) is 2.95. The molecule has 1 aromatic rings. The summed E-state index contributed by atoms with van der Waals surface area (Å²) in [6.45, 7) is 1.53. The van der Waals surface area contributed by atoms with Gasteiger partial charge >= 0.3 is 0 Å². The Hall–Kier alpha value is -1.05. The Morgan fingerprint density at radius 1 is 1.44 bits per heavy atom. The van der Waals surface area contributed by atoms with Crippen molar-refractivity contribution in [1.29, 1.82) is 0 Å². The van der Waals surface area contributed by atoms with Gasteiger partial charge in [-0.15, -0.1) is 0 Å². The van der Waals surface area contributed by atoms with Crippen LogP contribution >= 0.6 is 0 Å². The first-order valence-corrected chi connectivity index (χ1v) is 7.04. The summed E-state index contributed by atoms with van der Waals surface area (Å²) >= 11 is 0. The van der Waals surface area contributed by atoms with Crippen LogP contribution < -0.4 is 0 Å². The molecule has 0 amide bonds. The first kappa shape index (κ1) is 13.4. The van der Waals surface area contributed by atoms with Gasteiger partial charge in [0.25, 0.3) is 10.1 Å². The molecule has 18 heavy (non-hydrogen) atoms. The molecule has 1 saturated heterocycles. The lowest BCUT2D eigenvalue weighted by Gasteiger charge is -2.20. The largest absolute Gasteiger partial charge is 0.361 e. The molecule has 0 spiro atoms. The van der Waals surface area contributed by atoms with E-state index in [1.807, 2.05) is 0 Å². The molecule has 1 aliphatic heterocycles. The fourth-order valence-corrected chi connectivity index (χ4v) is 2.53. The molecule has 1 fully saturated rings. The maximum Gasteiger partial charge on any atom is 0.264 e. The van der Waals surface area contributed by atoms with Crippen LogP contribution in [-0.2, 0) is 24.6 Å². The van der Waals surface area contributed by atoms with Gasteiger partial charge in [-0.25, -0.2) is 8.78 Å². The highest BCUT2D eigenvalue weighted by Gasteiger charge is 2.54. The minimum Gasteiger partial charge on any atom is -0.361 e. The Balaban J connectivity index is 2.34. The standard InChI is InChI=1S/C11H12F2O4S/c1-7(17-18(2,14)15)11(6-16-11)9-5-8(12)3-4-10(9)13/h3-5,7H,6H2,1-2H3. The SMILES string of the molecule is CC(OS(C)(=O)=O)C1(c2cc(F)ccc2F)CO1. The monoisotopic (exact) mass is 278 g/mol. The van der Waals surface area contributed by atoms with E-state index >= 15 is 0 Å². The van der Waals surface area contributed by atoms with Gasteiger partial charge in [-0.05, 0) is 25.1 Å². The highest BCUT2D eigenvalue weighted by molar-refractivity contribution is 7.86. The number of hydrogen-bond acceptors (Lipinski definition) is 4. The van der Waals surface area contributed by atoms with Crippen LogP contribution in [0.4, 0.5) is 8.78 Å². The van der Waals surface area contributed by atoms with Crippen LogP contribution in [-0.4, -0.2) is 27.4 Å². The Morgan fingerprint density at radius 3 is 2.56 bits per heavy atom. The molecule has 100 valence electrons. The molecular formula is C11H12F2O4S. The van der Waals surface area contributed by atoms with E-state index in [0.717, 1.165) is 24.5 Å². The summed E-state index contributed by atoms with van der Waals surface area (Å²) in [4.78, 5) is 0. The quantitative estimate of drug-likeness (QED) is 0.619. The molecule has 2 atom stereocenters. The fourth-order valence-electron chi connectivity index (χ4n) is 1.85. The second kappa shape index (κ2) is 4.25. The molecular weight excluding hydrogens is 266 g/mol. The van der Waals surface area contributed by atoms with E-state index in [1.54, 1.807) is 0 Å². The van der Waals surface area contributed by atoms with Crippen LogP contribution in [0, 0.1) is 11.6 Å². The molecule has 0 N–H and O–H groups in total. The topological polar surface area (TPSA) is 55.9 Å². The number of epoxide rings is 1. The molecule has 0 radical (unpaired) electrons.